The lowest BCUT2D eigenvalue weighted by Gasteiger charge is -2.22. The zero-order chi connectivity index (χ0) is 14.5. The van der Waals surface area contributed by atoms with E-state index in [2.05, 4.69) is 20.8 Å². The summed E-state index contributed by atoms with van der Waals surface area (Å²) in [4.78, 5) is 0. The fraction of sp³-hybridized carbons (Fsp3) is 0.625. The third kappa shape index (κ3) is 2.27. The monoisotopic (exact) mass is 295 g/mol. The third-order valence-electron chi connectivity index (χ3n) is 4.47. The van der Waals surface area contributed by atoms with Crippen LogP contribution in [0.5, 0.6) is 11.5 Å². The first-order valence-corrected chi connectivity index (χ1v) is 7.57. The van der Waals surface area contributed by atoms with Gasteiger partial charge in [0.05, 0.1) is 13.2 Å². The Hall–Kier alpha value is -0.930. The summed E-state index contributed by atoms with van der Waals surface area (Å²) in [6, 6.07) is 4.02. The van der Waals surface area contributed by atoms with Gasteiger partial charge in [-0.2, -0.15) is 0 Å². The van der Waals surface area contributed by atoms with Gasteiger partial charge in [-0.05, 0) is 31.4 Å². The third-order valence-corrected chi connectivity index (χ3v) is 4.78. The highest BCUT2D eigenvalue weighted by atomic mass is 35.5. The fourth-order valence-electron chi connectivity index (χ4n) is 2.83. The van der Waals surface area contributed by atoms with Crippen LogP contribution in [-0.2, 0) is 5.41 Å². The van der Waals surface area contributed by atoms with Crippen LogP contribution in [0, 0.1) is 5.41 Å². The lowest BCUT2D eigenvalue weighted by molar-refractivity contribution is 0.140. The molecule has 1 aliphatic carbocycles. The molecule has 0 radical (unpaired) electrons. The zero-order valence-electron chi connectivity index (χ0n) is 12.3. The highest BCUT2D eigenvalue weighted by Crippen LogP contribution is 2.54. The van der Waals surface area contributed by atoms with Crippen molar-refractivity contribution in [2.24, 2.45) is 11.1 Å². The van der Waals surface area contributed by atoms with Crippen LogP contribution in [0.15, 0.2) is 12.1 Å². The quantitative estimate of drug-likeness (QED) is 0.908. The first-order valence-electron chi connectivity index (χ1n) is 7.19. The molecule has 0 amide bonds. The summed E-state index contributed by atoms with van der Waals surface area (Å²) in [5.41, 5.74) is 7.29. The summed E-state index contributed by atoms with van der Waals surface area (Å²) in [7, 11) is 0. The number of rotatable bonds is 2. The van der Waals surface area contributed by atoms with Gasteiger partial charge in [-0.3, -0.25) is 0 Å². The molecule has 3 nitrogen and oxygen atoms in total. The minimum Gasteiger partial charge on any atom is -0.489 e. The van der Waals surface area contributed by atoms with Crippen molar-refractivity contribution in [3.8, 4) is 11.5 Å². The van der Waals surface area contributed by atoms with Crippen LogP contribution in [0.1, 0.15) is 39.2 Å². The minimum atomic E-state index is 0.00405. The Balaban J connectivity index is 1.99. The Morgan fingerprint density at radius 3 is 2.20 bits per heavy atom. The Kier molecular flexibility index (Phi) is 3.18. The van der Waals surface area contributed by atoms with Gasteiger partial charge in [0, 0.05) is 28.0 Å². The standard InChI is InChI=1S/C16H22ClNO2/c1-10(18)16(4-5-16)11-6-13-14(7-12(11)17)20-9-15(2,3)8-19-13/h6-7,10H,4-5,8-9,18H2,1-3H3. The molecule has 1 aromatic rings. The van der Waals surface area contributed by atoms with Gasteiger partial charge in [-0.1, -0.05) is 25.4 Å². The largest absolute Gasteiger partial charge is 0.489 e. The molecule has 0 aromatic heterocycles. The van der Waals surface area contributed by atoms with Crippen molar-refractivity contribution in [1.82, 2.24) is 0 Å². The van der Waals surface area contributed by atoms with Crippen LogP contribution in [-0.4, -0.2) is 19.3 Å². The average molecular weight is 296 g/mol. The predicted octanol–water partition coefficient (Wildman–Crippen LogP) is 3.52. The van der Waals surface area contributed by atoms with Crippen molar-refractivity contribution in [2.75, 3.05) is 13.2 Å². The molecule has 3 rings (SSSR count). The van der Waals surface area contributed by atoms with Crippen molar-refractivity contribution in [3.05, 3.63) is 22.7 Å². The van der Waals surface area contributed by atoms with Crippen LogP contribution in [0.25, 0.3) is 0 Å². The van der Waals surface area contributed by atoms with Crippen molar-refractivity contribution in [1.29, 1.82) is 0 Å². The first-order chi connectivity index (χ1) is 9.34. The summed E-state index contributed by atoms with van der Waals surface area (Å²) in [6.07, 6.45) is 2.19. The second-order valence-corrected chi connectivity index (χ2v) is 7.37. The van der Waals surface area contributed by atoms with Gasteiger partial charge in [0.25, 0.3) is 0 Å². The Bertz CT molecular complexity index is 536. The smallest absolute Gasteiger partial charge is 0.162 e. The molecule has 4 heteroatoms. The first kappa shape index (κ1) is 14.0. The molecule has 2 N–H and O–H groups in total. The molecule has 1 atom stereocenters. The van der Waals surface area contributed by atoms with Crippen molar-refractivity contribution >= 4 is 11.6 Å². The van der Waals surface area contributed by atoms with Gasteiger partial charge in [0.2, 0.25) is 0 Å². The summed E-state index contributed by atoms with van der Waals surface area (Å²) in [6.45, 7) is 7.59. The molecule has 1 unspecified atom stereocenters. The summed E-state index contributed by atoms with van der Waals surface area (Å²) < 4.78 is 11.8. The maximum atomic E-state index is 6.46. The van der Waals surface area contributed by atoms with Crippen LogP contribution in [0.2, 0.25) is 5.02 Å². The number of ether oxygens (including phenoxy) is 2. The topological polar surface area (TPSA) is 44.5 Å². The molecular weight excluding hydrogens is 274 g/mol. The van der Waals surface area contributed by atoms with E-state index in [4.69, 9.17) is 26.8 Å². The number of hydrogen-bond donors (Lipinski definition) is 1. The maximum Gasteiger partial charge on any atom is 0.162 e. The highest BCUT2D eigenvalue weighted by Gasteiger charge is 2.49. The number of fused-ring (bicyclic) bond motifs is 1. The molecule has 0 bridgehead atoms. The van der Waals surface area contributed by atoms with Crippen LogP contribution >= 0.6 is 11.6 Å². The van der Waals surface area contributed by atoms with E-state index in [0.29, 0.717) is 13.2 Å². The Morgan fingerprint density at radius 2 is 1.70 bits per heavy atom. The molecule has 1 fully saturated rings. The summed E-state index contributed by atoms with van der Waals surface area (Å²) in [5, 5.41) is 0.738. The van der Waals surface area contributed by atoms with E-state index < -0.39 is 0 Å². The molecule has 1 saturated carbocycles. The molecule has 0 spiro atoms. The second kappa shape index (κ2) is 4.54. The molecule has 1 aromatic carbocycles. The maximum absolute atomic E-state index is 6.46. The summed E-state index contributed by atoms with van der Waals surface area (Å²) in [5.74, 6) is 1.53. The Labute approximate surface area is 125 Å². The molecule has 0 saturated heterocycles. The molecule has 1 aliphatic heterocycles. The molecular formula is C16H22ClNO2. The highest BCUT2D eigenvalue weighted by molar-refractivity contribution is 6.31. The molecule has 20 heavy (non-hydrogen) atoms. The van der Waals surface area contributed by atoms with Crippen molar-refractivity contribution < 1.29 is 9.47 Å². The van der Waals surface area contributed by atoms with Crippen LogP contribution in [0.3, 0.4) is 0 Å². The fourth-order valence-corrected chi connectivity index (χ4v) is 3.18. The van der Waals surface area contributed by atoms with E-state index in [1.54, 1.807) is 0 Å². The van der Waals surface area contributed by atoms with Crippen LogP contribution < -0.4 is 15.2 Å². The number of halogens is 1. The van der Waals surface area contributed by atoms with Gasteiger partial charge in [0.1, 0.15) is 0 Å². The minimum absolute atomic E-state index is 0.00405. The molecule has 1 heterocycles. The zero-order valence-corrected chi connectivity index (χ0v) is 13.1. The second-order valence-electron chi connectivity index (χ2n) is 6.97. The van der Waals surface area contributed by atoms with Gasteiger partial charge in [-0.25, -0.2) is 0 Å². The number of nitrogens with two attached hydrogens (primary N) is 1. The van der Waals surface area contributed by atoms with E-state index >= 15 is 0 Å². The number of benzene rings is 1. The predicted molar refractivity (Wildman–Crippen MR) is 80.8 cm³/mol. The number of hydrogen-bond acceptors (Lipinski definition) is 3. The van der Waals surface area contributed by atoms with Gasteiger partial charge in [-0.15, -0.1) is 0 Å². The lowest BCUT2D eigenvalue weighted by atomic mass is 9.89. The van der Waals surface area contributed by atoms with E-state index in [-0.39, 0.29) is 16.9 Å². The SMILES string of the molecule is CC(N)C1(c2cc3c(cc2Cl)OCC(C)(C)CO3)CC1. The van der Waals surface area contributed by atoms with Crippen molar-refractivity contribution in [2.45, 2.75) is 45.1 Å². The van der Waals surface area contributed by atoms with Gasteiger partial charge >= 0.3 is 0 Å². The average Bonchev–Trinajstić information content (AvgIpc) is 3.16. The van der Waals surface area contributed by atoms with E-state index in [9.17, 15) is 0 Å². The van der Waals surface area contributed by atoms with Crippen molar-refractivity contribution in [3.63, 3.8) is 0 Å². The normalized spacial score (nSPS) is 23.9. The van der Waals surface area contributed by atoms with E-state index in [0.717, 1.165) is 34.9 Å². The molecule has 2 aliphatic rings. The van der Waals surface area contributed by atoms with Crippen LogP contribution in [0.4, 0.5) is 0 Å². The Morgan fingerprint density at radius 1 is 1.15 bits per heavy atom. The van der Waals surface area contributed by atoms with E-state index in [1.807, 2.05) is 12.1 Å². The van der Waals surface area contributed by atoms with Gasteiger partial charge < -0.3 is 15.2 Å². The lowest BCUT2D eigenvalue weighted by Crippen LogP contribution is -2.31. The van der Waals surface area contributed by atoms with Gasteiger partial charge in [0.15, 0.2) is 11.5 Å². The van der Waals surface area contributed by atoms with E-state index in [1.165, 1.54) is 0 Å². The molecule has 110 valence electrons. The summed E-state index contributed by atoms with van der Waals surface area (Å²) >= 11 is 6.46.